The largest absolute Gasteiger partial charge is 0 e. The van der Waals surface area contributed by atoms with Gasteiger partial charge in [-0.2, -0.15) is 0 Å². The molecule has 0 unspecified atom stereocenters. The Hall–Kier alpha value is 3.61. The molecule has 0 saturated heterocycles. The van der Waals surface area contributed by atoms with Crippen LogP contribution in [0.1, 0.15) is 0 Å². The minimum atomic E-state index is 0. The van der Waals surface area contributed by atoms with Crippen LogP contribution in [-0.4, -0.2) is 28.2 Å². The van der Waals surface area contributed by atoms with Crippen molar-refractivity contribution in [2.75, 3.05) is 0 Å². The first kappa shape index (κ1) is 54.7. The molecule has 39 valence electrons. The van der Waals surface area contributed by atoms with E-state index >= 15 is 0 Å². The molecule has 6 heavy (non-hydrogen) atoms. The summed E-state index contributed by atoms with van der Waals surface area (Å²) >= 11 is 0. The van der Waals surface area contributed by atoms with E-state index in [1.807, 2.05) is 0 Å². The zero-order valence-electron chi connectivity index (χ0n) is 3.14. The van der Waals surface area contributed by atoms with Crippen molar-refractivity contribution in [3.63, 3.8) is 0 Å². The van der Waals surface area contributed by atoms with E-state index in [2.05, 4.69) is 0 Å². The van der Waals surface area contributed by atoms with Crippen molar-refractivity contribution in [3.05, 3.63) is 0 Å². The van der Waals surface area contributed by atoms with E-state index in [1.54, 1.807) is 0 Å². The molecule has 0 atom stereocenters. The molecule has 0 saturated carbocycles. The van der Waals surface area contributed by atoms with Crippen molar-refractivity contribution in [1.82, 2.24) is 0 Å². The molecule has 0 bridgehead atoms. The zero-order chi connectivity index (χ0) is 0. The maximum Gasteiger partial charge on any atom is 0 e. The molecule has 0 aliphatic carbocycles. The summed E-state index contributed by atoms with van der Waals surface area (Å²) in [7, 11) is 0. The first-order valence-corrected chi connectivity index (χ1v) is 0. The molecular weight excluding hydrogens is 400 g/mol. The molecule has 0 nitrogen and oxygen atoms in total. The quantitative estimate of drug-likeness (QED) is 0.443. The Morgan fingerprint density at radius 3 is 1.00 bits per heavy atom. The van der Waals surface area contributed by atoms with Crippen LogP contribution in [0.4, 0.5) is 0 Å². The van der Waals surface area contributed by atoms with E-state index in [0.29, 0.717) is 0 Å². The van der Waals surface area contributed by atoms with Gasteiger partial charge in [-0.25, -0.2) is 0 Å². The molecule has 7 radical (unpaired) electrons. The van der Waals surface area contributed by atoms with Gasteiger partial charge in [-0.1, -0.05) is 0 Å². The molecule has 0 aromatic heterocycles. The smallest absolute Gasteiger partial charge is 0 e. The summed E-state index contributed by atoms with van der Waals surface area (Å²) in [5.41, 5.74) is 0. The van der Waals surface area contributed by atoms with Gasteiger partial charge in [0.25, 0.3) is 0 Å². The monoisotopic (exact) mass is 401 g/mol. The fourth-order valence-electron chi connectivity index (χ4n) is 0. The third-order valence-electron chi connectivity index (χ3n) is 0. The third-order valence-corrected chi connectivity index (χ3v) is 0. The molecule has 0 amide bonds. The Labute approximate surface area is 118 Å². The van der Waals surface area contributed by atoms with Crippen LogP contribution in [0.3, 0.4) is 0 Å². The fraction of sp³-hybridized carbons (Fsp3) is 0. The van der Waals surface area contributed by atoms with Crippen molar-refractivity contribution >= 4 is 28.2 Å². The van der Waals surface area contributed by atoms with E-state index in [9.17, 15) is 0 Å². The summed E-state index contributed by atoms with van der Waals surface area (Å²) in [6.07, 6.45) is 0. The van der Waals surface area contributed by atoms with Crippen molar-refractivity contribution in [1.29, 1.82) is 0 Å². The van der Waals surface area contributed by atoms with Crippen molar-refractivity contribution in [2.45, 2.75) is 0 Å². The zero-order valence-corrected chi connectivity index (χ0v) is 14.1. The van der Waals surface area contributed by atoms with Gasteiger partial charge in [-0.3, -0.25) is 0 Å². The van der Waals surface area contributed by atoms with Crippen LogP contribution >= 0.6 is 0 Å². The predicted molar refractivity (Wildman–Crippen MR) is 14.3 cm³/mol. The molecule has 0 aromatic carbocycles. The Morgan fingerprint density at radius 1 is 1.00 bits per heavy atom. The molecule has 6 heteroatoms. The predicted octanol–water partition coefficient (Wildman–Crippen LogP) is -1.30. The molecule has 0 aliphatic heterocycles. The molecule has 0 heterocycles. The standard InChI is InChI=1S/B.Co.Cu.Fe.Ga.Pr.2H. The van der Waals surface area contributed by atoms with Gasteiger partial charge in [-0.15, -0.1) is 0 Å². The van der Waals surface area contributed by atoms with Crippen LogP contribution in [0.15, 0.2) is 0 Å². The Bertz CT molecular complexity index is 15.5. The second-order valence-corrected chi connectivity index (χ2v) is 0. The minimum Gasteiger partial charge on any atom is 0 e. The van der Waals surface area contributed by atoms with Crippen molar-refractivity contribution in [2.24, 2.45) is 0 Å². The molecule has 0 N–H and O–H groups in total. The van der Waals surface area contributed by atoms with Gasteiger partial charge in [0.1, 0.15) is 0 Å². The van der Waals surface area contributed by atoms with Crippen LogP contribution in [0, 0.1) is 41.3 Å². The van der Waals surface area contributed by atoms with Gasteiger partial charge < -0.3 is 0 Å². The second-order valence-electron chi connectivity index (χ2n) is 0. The maximum atomic E-state index is 0. The molecular formula is H2BCoCuFeGaPr. The van der Waals surface area contributed by atoms with E-state index in [0.717, 1.165) is 0 Å². The molecule has 0 fully saturated rings. The van der Waals surface area contributed by atoms with Crippen LogP contribution < -0.4 is 0 Å². The Kier molecular flexibility index (Phi) is 349. The van der Waals surface area contributed by atoms with Gasteiger partial charge >= 0.3 is 19.8 Å². The molecule has 0 aromatic rings. The van der Waals surface area contributed by atoms with Crippen LogP contribution in [0.25, 0.3) is 0 Å². The van der Waals surface area contributed by atoms with Gasteiger partial charge in [0, 0.05) is 101 Å². The normalized spacial score (nSPS) is 0. The van der Waals surface area contributed by atoms with Gasteiger partial charge in [-0.05, 0) is 0 Å². The summed E-state index contributed by atoms with van der Waals surface area (Å²) in [6, 6.07) is 0. The van der Waals surface area contributed by atoms with Crippen LogP contribution in [-0.2, 0) is 50.9 Å². The Balaban J connectivity index is 0. The molecule has 0 rings (SSSR count). The second kappa shape index (κ2) is 38.3. The maximum absolute atomic E-state index is 0. The third kappa shape index (κ3) is 25.5. The summed E-state index contributed by atoms with van der Waals surface area (Å²) in [6.45, 7) is 0. The summed E-state index contributed by atoms with van der Waals surface area (Å²) in [4.78, 5) is 0. The number of hydrogen-bond acceptors (Lipinski definition) is 0. The summed E-state index contributed by atoms with van der Waals surface area (Å²) < 4.78 is 0. The first-order chi connectivity index (χ1) is 0. The SMILES string of the molecule is [B].[Co].[Cu].[Fe].[GaH2].[Pr]. The topological polar surface area (TPSA) is 0 Å². The van der Waals surface area contributed by atoms with Crippen LogP contribution in [0.5, 0.6) is 0 Å². The molecule has 0 aliphatic rings. The van der Waals surface area contributed by atoms with E-state index < -0.39 is 0 Å². The summed E-state index contributed by atoms with van der Waals surface area (Å²) in [5, 5.41) is 0. The minimum absolute atomic E-state index is 0. The first-order valence-electron chi connectivity index (χ1n) is 0. The average molecular weight is 402 g/mol. The van der Waals surface area contributed by atoms with Gasteiger partial charge in [0.2, 0.25) is 0 Å². The van der Waals surface area contributed by atoms with Crippen molar-refractivity contribution < 1.29 is 92.2 Å². The summed E-state index contributed by atoms with van der Waals surface area (Å²) in [5.74, 6) is 0. The van der Waals surface area contributed by atoms with Crippen LogP contribution in [0.2, 0.25) is 0 Å². The Morgan fingerprint density at radius 2 is 1.00 bits per heavy atom. The van der Waals surface area contributed by atoms with Gasteiger partial charge in [0.05, 0.1) is 0 Å². The van der Waals surface area contributed by atoms with E-state index in [1.165, 1.54) is 0 Å². The van der Waals surface area contributed by atoms with E-state index in [-0.39, 0.29) is 120 Å². The van der Waals surface area contributed by atoms with Crippen molar-refractivity contribution in [3.8, 4) is 0 Å². The van der Waals surface area contributed by atoms with E-state index in [4.69, 9.17) is 0 Å². The number of rotatable bonds is 0. The fourth-order valence-corrected chi connectivity index (χ4v) is 0. The molecule has 0 spiro atoms. The number of hydrogen-bond donors (Lipinski definition) is 0. The average Bonchev–Trinajstić information content (AvgIpc) is 0. The van der Waals surface area contributed by atoms with Gasteiger partial charge in [0.15, 0.2) is 0 Å².